The minimum Gasteiger partial charge on any atom is -0.338 e. The van der Waals surface area contributed by atoms with E-state index in [0.717, 1.165) is 12.1 Å². The number of carbonyl (C=O) groups excluding carboxylic acids is 1. The number of halogens is 2. The maximum absolute atomic E-state index is 13.3. The van der Waals surface area contributed by atoms with Gasteiger partial charge in [0.05, 0.1) is 0 Å². The van der Waals surface area contributed by atoms with Gasteiger partial charge in [0, 0.05) is 32.4 Å². The van der Waals surface area contributed by atoms with Crippen molar-refractivity contribution in [1.29, 1.82) is 0 Å². The van der Waals surface area contributed by atoms with Crippen LogP contribution in [0.15, 0.2) is 47.4 Å². The van der Waals surface area contributed by atoms with E-state index in [1.54, 1.807) is 31.3 Å². The molecule has 0 aliphatic heterocycles. The summed E-state index contributed by atoms with van der Waals surface area (Å²) < 4.78 is 29.2. The smallest absolute Gasteiger partial charge is 0.338 e. The van der Waals surface area contributed by atoms with Crippen molar-refractivity contribution in [2.45, 2.75) is 26.4 Å². The number of aryl methyl sites for hydroxylation is 1. The van der Waals surface area contributed by atoms with Gasteiger partial charge in [-0.05, 0) is 43.2 Å². The van der Waals surface area contributed by atoms with Gasteiger partial charge in [-0.3, -0.25) is 4.40 Å². The van der Waals surface area contributed by atoms with E-state index in [0.29, 0.717) is 37.3 Å². The highest BCUT2D eigenvalue weighted by atomic mass is 19.2. The molecule has 2 aromatic heterocycles. The summed E-state index contributed by atoms with van der Waals surface area (Å²) in [5.41, 5.74) is 0.850. The topological polar surface area (TPSA) is 71.6 Å². The summed E-state index contributed by atoms with van der Waals surface area (Å²) in [5.74, 6) is -1.86. The predicted octanol–water partition coefficient (Wildman–Crippen LogP) is 2.40. The monoisotopic (exact) mass is 389 g/mol. The molecule has 0 aliphatic rings. The number of amides is 2. The molecule has 3 aromatic rings. The zero-order chi connectivity index (χ0) is 20.1. The zero-order valence-corrected chi connectivity index (χ0v) is 15.4. The van der Waals surface area contributed by atoms with E-state index >= 15 is 0 Å². The van der Waals surface area contributed by atoms with Crippen molar-refractivity contribution < 1.29 is 13.6 Å². The fourth-order valence-electron chi connectivity index (χ4n) is 2.84. The second kappa shape index (κ2) is 8.64. The highest BCUT2D eigenvalue weighted by molar-refractivity contribution is 5.74. The van der Waals surface area contributed by atoms with Crippen LogP contribution in [0.5, 0.6) is 0 Å². The van der Waals surface area contributed by atoms with Crippen molar-refractivity contribution in [3.05, 3.63) is 70.3 Å². The van der Waals surface area contributed by atoms with Crippen LogP contribution in [0.4, 0.5) is 13.6 Å². The number of pyridine rings is 1. The molecule has 0 aliphatic carbocycles. The molecule has 0 unspecified atom stereocenters. The Morgan fingerprint density at radius 2 is 2.04 bits per heavy atom. The fraction of sp³-hybridized carbons (Fsp3) is 0.316. The summed E-state index contributed by atoms with van der Waals surface area (Å²) in [6.07, 6.45) is 2.18. The maximum Gasteiger partial charge on any atom is 0.350 e. The van der Waals surface area contributed by atoms with E-state index in [4.69, 9.17) is 0 Å². The largest absolute Gasteiger partial charge is 0.350 e. The van der Waals surface area contributed by atoms with E-state index in [9.17, 15) is 18.4 Å². The molecule has 7 nitrogen and oxygen atoms in total. The number of hydrogen-bond donors (Lipinski definition) is 1. The number of nitrogens with zero attached hydrogens (tertiary/aromatic N) is 4. The molecule has 0 spiro atoms. The Kier molecular flexibility index (Phi) is 6.03. The molecule has 2 amide bonds. The fourth-order valence-corrected chi connectivity index (χ4v) is 2.84. The molecule has 148 valence electrons. The van der Waals surface area contributed by atoms with Crippen LogP contribution in [0.2, 0.25) is 0 Å². The molecule has 0 fully saturated rings. The van der Waals surface area contributed by atoms with Gasteiger partial charge in [0.1, 0.15) is 0 Å². The maximum atomic E-state index is 13.3. The highest BCUT2D eigenvalue weighted by Gasteiger charge is 2.13. The van der Waals surface area contributed by atoms with Crippen LogP contribution < -0.4 is 11.0 Å². The Bertz CT molecular complexity index is 1030. The minimum absolute atomic E-state index is 0.172. The Hall–Kier alpha value is -3.23. The molecular formula is C19H21F2N5O2. The molecule has 0 bridgehead atoms. The van der Waals surface area contributed by atoms with Gasteiger partial charge in [0.15, 0.2) is 17.3 Å². The lowest BCUT2D eigenvalue weighted by molar-refractivity contribution is 0.197. The van der Waals surface area contributed by atoms with Crippen molar-refractivity contribution in [2.75, 3.05) is 13.1 Å². The molecular weight excluding hydrogens is 368 g/mol. The average molecular weight is 389 g/mol. The first-order valence-corrected chi connectivity index (χ1v) is 9.00. The Morgan fingerprint density at radius 3 is 2.75 bits per heavy atom. The van der Waals surface area contributed by atoms with Crippen LogP contribution in [0.3, 0.4) is 0 Å². The van der Waals surface area contributed by atoms with Crippen LogP contribution in [0.1, 0.15) is 18.9 Å². The lowest BCUT2D eigenvalue weighted by atomic mass is 10.2. The number of urea groups is 1. The summed E-state index contributed by atoms with van der Waals surface area (Å²) in [6.45, 7) is 3.11. The third kappa shape index (κ3) is 4.36. The molecule has 9 heteroatoms. The van der Waals surface area contributed by atoms with Gasteiger partial charge in [0.25, 0.3) is 0 Å². The van der Waals surface area contributed by atoms with Crippen LogP contribution >= 0.6 is 0 Å². The Balaban J connectivity index is 1.51. The van der Waals surface area contributed by atoms with Crippen molar-refractivity contribution in [2.24, 2.45) is 0 Å². The average Bonchev–Trinajstić information content (AvgIpc) is 3.02. The van der Waals surface area contributed by atoms with Gasteiger partial charge in [-0.25, -0.2) is 23.1 Å². The number of fused-ring (bicyclic) bond motifs is 1. The van der Waals surface area contributed by atoms with Crippen molar-refractivity contribution in [1.82, 2.24) is 24.4 Å². The first-order valence-electron chi connectivity index (χ1n) is 9.00. The van der Waals surface area contributed by atoms with Crippen molar-refractivity contribution in [3.63, 3.8) is 0 Å². The Morgan fingerprint density at radius 1 is 1.21 bits per heavy atom. The van der Waals surface area contributed by atoms with E-state index in [1.807, 2.05) is 0 Å². The normalized spacial score (nSPS) is 11.0. The van der Waals surface area contributed by atoms with E-state index in [1.165, 1.54) is 20.0 Å². The van der Waals surface area contributed by atoms with Crippen LogP contribution in [-0.2, 0) is 13.1 Å². The molecule has 28 heavy (non-hydrogen) atoms. The summed E-state index contributed by atoms with van der Waals surface area (Å²) in [6, 6.07) is 8.58. The molecule has 1 aromatic carbocycles. The van der Waals surface area contributed by atoms with Crippen LogP contribution in [0.25, 0.3) is 5.65 Å². The number of rotatable bonds is 7. The number of hydrogen-bond acceptors (Lipinski definition) is 3. The molecule has 0 radical (unpaired) electrons. The van der Waals surface area contributed by atoms with E-state index < -0.39 is 11.6 Å². The van der Waals surface area contributed by atoms with Crippen LogP contribution in [-0.4, -0.2) is 38.2 Å². The molecule has 1 N–H and O–H groups in total. The minimum atomic E-state index is -0.938. The summed E-state index contributed by atoms with van der Waals surface area (Å²) in [4.78, 5) is 26.0. The van der Waals surface area contributed by atoms with Gasteiger partial charge in [-0.15, -0.1) is 5.10 Å². The van der Waals surface area contributed by atoms with E-state index in [2.05, 4.69) is 10.4 Å². The SMILES string of the molecule is CCN(Cc1ccc(F)c(F)c1)C(=O)NCCCn1nc2ccccn2c1=O. The summed E-state index contributed by atoms with van der Waals surface area (Å²) >= 11 is 0. The molecule has 3 rings (SSSR count). The van der Waals surface area contributed by atoms with Gasteiger partial charge in [-0.1, -0.05) is 12.1 Å². The number of carbonyl (C=O) groups is 1. The Labute approximate surface area is 160 Å². The van der Waals surface area contributed by atoms with Gasteiger partial charge >= 0.3 is 11.7 Å². The molecule has 0 saturated carbocycles. The second-order valence-corrected chi connectivity index (χ2v) is 6.28. The standard InChI is InChI=1S/C19H21F2N5O2/c1-2-24(13-14-7-8-15(20)16(21)12-14)18(27)22-9-5-11-26-19(28)25-10-4-3-6-17(25)23-26/h3-4,6-8,10,12H,2,5,9,11,13H2,1H3,(H,22,27). The first kappa shape index (κ1) is 19.5. The van der Waals surface area contributed by atoms with Crippen LogP contribution in [0, 0.1) is 11.6 Å². The van der Waals surface area contributed by atoms with E-state index in [-0.39, 0.29) is 18.3 Å². The third-order valence-corrected chi connectivity index (χ3v) is 4.34. The molecule has 2 heterocycles. The predicted molar refractivity (Wildman–Crippen MR) is 99.9 cm³/mol. The number of benzene rings is 1. The quantitative estimate of drug-likeness (QED) is 0.631. The summed E-state index contributed by atoms with van der Waals surface area (Å²) in [7, 11) is 0. The van der Waals surface area contributed by atoms with Gasteiger partial charge < -0.3 is 10.2 Å². The highest BCUT2D eigenvalue weighted by Crippen LogP contribution is 2.11. The summed E-state index contributed by atoms with van der Waals surface area (Å²) in [5, 5.41) is 7.00. The van der Waals surface area contributed by atoms with Gasteiger partial charge in [0.2, 0.25) is 0 Å². The zero-order valence-electron chi connectivity index (χ0n) is 15.4. The first-order chi connectivity index (χ1) is 13.5. The lowest BCUT2D eigenvalue weighted by Crippen LogP contribution is -2.40. The van der Waals surface area contributed by atoms with Crippen molar-refractivity contribution in [3.8, 4) is 0 Å². The third-order valence-electron chi connectivity index (χ3n) is 4.34. The second-order valence-electron chi connectivity index (χ2n) is 6.28. The number of aromatic nitrogens is 3. The number of nitrogens with one attached hydrogen (secondary N) is 1. The molecule has 0 atom stereocenters. The van der Waals surface area contributed by atoms with Gasteiger partial charge in [-0.2, -0.15) is 0 Å². The lowest BCUT2D eigenvalue weighted by Gasteiger charge is -2.21. The molecule has 0 saturated heterocycles. The van der Waals surface area contributed by atoms with Crippen molar-refractivity contribution >= 4 is 11.7 Å².